The first kappa shape index (κ1) is 22.5. The first-order valence-electron chi connectivity index (χ1n) is 10.6. The number of alkyl halides is 1. The summed E-state index contributed by atoms with van der Waals surface area (Å²) in [6.07, 6.45) is 3.81. The molecular formula is C29H22F4. The van der Waals surface area contributed by atoms with Crippen molar-refractivity contribution >= 4 is 0 Å². The maximum Gasteiger partial charge on any atom is 0.132 e. The largest absolute Gasteiger partial charge is 0.246 e. The van der Waals surface area contributed by atoms with Crippen LogP contribution in [0.15, 0.2) is 91.5 Å². The van der Waals surface area contributed by atoms with Crippen LogP contribution in [-0.4, -0.2) is 0 Å². The van der Waals surface area contributed by atoms with E-state index in [1.54, 1.807) is 6.07 Å². The summed E-state index contributed by atoms with van der Waals surface area (Å²) in [6.45, 7) is 2.49. The molecule has 0 aliphatic heterocycles. The summed E-state index contributed by atoms with van der Waals surface area (Å²) < 4.78 is 55.4. The lowest BCUT2D eigenvalue weighted by Gasteiger charge is -2.10. The van der Waals surface area contributed by atoms with Gasteiger partial charge in [0, 0.05) is 5.56 Å². The zero-order valence-electron chi connectivity index (χ0n) is 17.9. The molecule has 0 nitrogen and oxygen atoms in total. The van der Waals surface area contributed by atoms with Gasteiger partial charge in [-0.25, -0.2) is 17.6 Å². The summed E-state index contributed by atoms with van der Waals surface area (Å²) in [4.78, 5) is 0. The number of allylic oxidation sites excluding steroid dienone is 1. The van der Waals surface area contributed by atoms with E-state index in [4.69, 9.17) is 0 Å². The lowest BCUT2D eigenvalue weighted by molar-refractivity contribution is 0.440. The van der Waals surface area contributed by atoms with Gasteiger partial charge in [-0.1, -0.05) is 66.7 Å². The number of benzene rings is 4. The third-order valence-corrected chi connectivity index (χ3v) is 5.70. The minimum Gasteiger partial charge on any atom is -0.246 e. The van der Waals surface area contributed by atoms with Gasteiger partial charge in [0.2, 0.25) is 0 Å². The Morgan fingerprint density at radius 2 is 1.09 bits per heavy atom. The van der Waals surface area contributed by atoms with Crippen molar-refractivity contribution in [2.75, 3.05) is 0 Å². The summed E-state index contributed by atoms with van der Waals surface area (Å²) >= 11 is 0. The summed E-state index contributed by atoms with van der Waals surface area (Å²) in [5.74, 6) is -2.67. The van der Waals surface area contributed by atoms with Crippen molar-refractivity contribution in [2.45, 2.75) is 19.5 Å². The van der Waals surface area contributed by atoms with Crippen LogP contribution in [0.4, 0.5) is 17.6 Å². The molecule has 0 unspecified atom stereocenters. The van der Waals surface area contributed by atoms with Crippen LogP contribution in [0.25, 0.3) is 33.4 Å². The van der Waals surface area contributed by atoms with Crippen LogP contribution >= 0.6 is 0 Å². The zero-order chi connectivity index (χ0) is 23.4. The number of aryl methyl sites for hydroxylation is 1. The molecule has 0 spiro atoms. The van der Waals surface area contributed by atoms with Gasteiger partial charge in [0.15, 0.2) is 0 Å². The lowest BCUT2D eigenvalue weighted by atomic mass is 9.96. The molecule has 166 valence electrons. The highest BCUT2D eigenvalue weighted by atomic mass is 19.1. The SMILES string of the molecule is C=CCCc1ccc(-c2ccc(-c3ccc(-c4cc(F)c(CF)c(F)c4)c(F)c3)cc2)cc1. The fraction of sp³-hybridized carbons (Fsp3) is 0.103. The topological polar surface area (TPSA) is 0 Å². The van der Waals surface area contributed by atoms with Gasteiger partial charge in [-0.2, -0.15) is 0 Å². The van der Waals surface area contributed by atoms with Crippen LogP contribution in [0.2, 0.25) is 0 Å². The minimum atomic E-state index is -1.26. The molecule has 4 aromatic rings. The molecule has 0 saturated heterocycles. The van der Waals surface area contributed by atoms with Crippen molar-refractivity contribution < 1.29 is 17.6 Å². The van der Waals surface area contributed by atoms with Crippen LogP contribution in [0.3, 0.4) is 0 Å². The number of hydrogen-bond acceptors (Lipinski definition) is 0. The molecule has 33 heavy (non-hydrogen) atoms. The summed E-state index contributed by atoms with van der Waals surface area (Å²) in [7, 11) is 0. The average molecular weight is 446 g/mol. The molecule has 0 aromatic heterocycles. The molecule has 0 aliphatic carbocycles. The van der Waals surface area contributed by atoms with E-state index < -0.39 is 29.7 Å². The Hall–Kier alpha value is -3.66. The van der Waals surface area contributed by atoms with Crippen molar-refractivity contribution in [1.82, 2.24) is 0 Å². The van der Waals surface area contributed by atoms with Crippen molar-refractivity contribution in [2.24, 2.45) is 0 Å². The fourth-order valence-corrected chi connectivity index (χ4v) is 3.80. The maximum atomic E-state index is 14.8. The van der Waals surface area contributed by atoms with Gasteiger partial charge >= 0.3 is 0 Å². The molecule has 4 rings (SSSR count). The molecule has 0 bridgehead atoms. The van der Waals surface area contributed by atoms with Crippen LogP contribution < -0.4 is 0 Å². The molecular weight excluding hydrogens is 424 g/mol. The van der Waals surface area contributed by atoms with Crippen LogP contribution in [0, 0.1) is 17.5 Å². The van der Waals surface area contributed by atoms with Crippen molar-refractivity contribution in [3.63, 3.8) is 0 Å². The van der Waals surface area contributed by atoms with Crippen molar-refractivity contribution in [3.8, 4) is 33.4 Å². The molecule has 0 heterocycles. The first-order valence-corrected chi connectivity index (χ1v) is 10.6. The Bertz CT molecular complexity index is 1250. The smallest absolute Gasteiger partial charge is 0.132 e. The Morgan fingerprint density at radius 3 is 1.61 bits per heavy atom. The highest BCUT2D eigenvalue weighted by Crippen LogP contribution is 2.31. The van der Waals surface area contributed by atoms with E-state index in [9.17, 15) is 17.6 Å². The van der Waals surface area contributed by atoms with Gasteiger partial charge in [-0.3, -0.25) is 0 Å². The van der Waals surface area contributed by atoms with Crippen molar-refractivity contribution in [3.05, 3.63) is 120 Å². The van der Waals surface area contributed by atoms with E-state index in [2.05, 4.69) is 30.8 Å². The first-order chi connectivity index (χ1) is 16.0. The average Bonchev–Trinajstić information content (AvgIpc) is 2.83. The Labute approximate surface area is 190 Å². The normalized spacial score (nSPS) is 10.9. The second kappa shape index (κ2) is 9.86. The van der Waals surface area contributed by atoms with E-state index in [0.717, 1.165) is 41.7 Å². The monoisotopic (exact) mass is 446 g/mol. The van der Waals surface area contributed by atoms with E-state index in [1.807, 2.05) is 30.3 Å². The predicted octanol–water partition coefficient (Wildman–Crippen LogP) is 8.69. The van der Waals surface area contributed by atoms with Gasteiger partial charge in [-0.15, -0.1) is 6.58 Å². The second-order valence-corrected chi connectivity index (χ2v) is 7.85. The second-order valence-electron chi connectivity index (χ2n) is 7.85. The van der Waals surface area contributed by atoms with Gasteiger partial charge in [0.25, 0.3) is 0 Å². The minimum absolute atomic E-state index is 0.0261. The van der Waals surface area contributed by atoms with Gasteiger partial charge < -0.3 is 0 Å². The van der Waals surface area contributed by atoms with E-state index in [0.29, 0.717) is 5.56 Å². The van der Waals surface area contributed by atoms with Gasteiger partial charge in [0.1, 0.15) is 24.1 Å². The maximum absolute atomic E-state index is 14.8. The quantitative estimate of drug-likeness (QED) is 0.197. The van der Waals surface area contributed by atoms with E-state index in [1.165, 1.54) is 17.7 Å². The highest BCUT2D eigenvalue weighted by Gasteiger charge is 2.15. The zero-order valence-corrected chi connectivity index (χ0v) is 17.9. The van der Waals surface area contributed by atoms with Gasteiger partial charge in [0.05, 0.1) is 5.56 Å². The highest BCUT2D eigenvalue weighted by molar-refractivity contribution is 5.74. The Morgan fingerprint density at radius 1 is 0.606 bits per heavy atom. The third kappa shape index (κ3) is 4.90. The standard InChI is InChI=1S/C29H22F4/c1-2-3-4-19-5-7-20(8-6-19)21-9-11-22(12-10-21)23-13-14-25(27(31)15-23)24-16-28(32)26(18-30)29(33)17-24/h2,5-17H,1,3-4,18H2. The summed E-state index contributed by atoms with van der Waals surface area (Å²) in [5.41, 5.74) is 4.28. The third-order valence-electron chi connectivity index (χ3n) is 5.70. The molecule has 0 radical (unpaired) electrons. The van der Waals surface area contributed by atoms with E-state index in [-0.39, 0.29) is 11.1 Å². The van der Waals surface area contributed by atoms with Crippen LogP contribution in [0.5, 0.6) is 0 Å². The molecule has 4 heteroatoms. The number of halogens is 4. The lowest BCUT2D eigenvalue weighted by Crippen LogP contribution is -1.95. The summed E-state index contributed by atoms with van der Waals surface area (Å²) in [5, 5.41) is 0. The van der Waals surface area contributed by atoms with Gasteiger partial charge in [-0.05, 0) is 64.4 Å². The van der Waals surface area contributed by atoms with Crippen LogP contribution in [0.1, 0.15) is 17.5 Å². The van der Waals surface area contributed by atoms with Crippen LogP contribution in [-0.2, 0) is 13.1 Å². The molecule has 0 amide bonds. The fourth-order valence-electron chi connectivity index (χ4n) is 3.80. The molecule has 0 saturated carbocycles. The molecule has 4 aromatic carbocycles. The molecule has 0 fully saturated rings. The Kier molecular flexibility index (Phi) is 6.74. The molecule has 0 atom stereocenters. The van der Waals surface area contributed by atoms with E-state index >= 15 is 0 Å². The van der Waals surface area contributed by atoms with Crippen molar-refractivity contribution in [1.29, 1.82) is 0 Å². The predicted molar refractivity (Wildman–Crippen MR) is 126 cm³/mol. The molecule has 0 N–H and O–H groups in total. The summed E-state index contributed by atoms with van der Waals surface area (Å²) in [6, 6.07) is 22.5. The number of hydrogen-bond donors (Lipinski definition) is 0. The molecule has 0 aliphatic rings. The number of rotatable bonds is 7. The Balaban J connectivity index is 1.57.